The summed E-state index contributed by atoms with van der Waals surface area (Å²) in [6.45, 7) is 5.75. The molecule has 2 aliphatic heterocycles. The van der Waals surface area contributed by atoms with Crippen molar-refractivity contribution in [2.24, 2.45) is 0 Å². The van der Waals surface area contributed by atoms with Crippen LogP contribution in [0.3, 0.4) is 0 Å². The average Bonchev–Trinajstić information content (AvgIpc) is 2.88. The minimum atomic E-state index is -0.815. The van der Waals surface area contributed by atoms with Gasteiger partial charge in [-0.2, -0.15) is 0 Å². The van der Waals surface area contributed by atoms with Gasteiger partial charge in [-0.15, -0.1) is 0 Å². The van der Waals surface area contributed by atoms with Crippen molar-refractivity contribution in [3.8, 4) is 0 Å². The van der Waals surface area contributed by atoms with E-state index in [1.165, 1.54) is 0 Å². The van der Waals surface area contributed by atoms with Crippen LogP contribution in [0.4, 0.5) is 0 Å². The van der Waals surface area contributed by atoms with Gasteiger partial charge in [-0.3, -0.25) is 9.59 Å². The Kier molecular flexibility index (Phi) is 3.01. The number of fused-ring (bicyclic) bond motifs is 1. The van der Waals surface area contributed by atoms with Crippen LogP contribution < -0.4 is 5.32 Å². The quantitative estimate of drug-likeness (QED) is 0.833. The smallest absolute Gasteiger partial charge is 0.254 e. The molecule has 0 aliphatic carbocycles. The van der Waals surface area contributed by atoms with Gasteiger partial charge in [0.25, 0.3) is 5.91 Å². The van der Waals surface area contributed by atoms with E-state index in [1.54, 1.807) is 18.7 Å². The maximum atomic E-state index is 12.7. The molecular formula is C15H18N2O3. The van der Waals surface area contributed by atoms with Crippen LogP contribution in [0.1, 0.15) is 35.3 Å². The van der Waals surface area contributed by atoms with E-state index in [-0.39, 0.29) is 11.8 Å². The molecule has 0 saturated carbocycles. The van der Waals surface area contributed by atoms with Crippen LogP contribution in [0.25, 0.3) is 0 Å². The zero-order chi connectivity index (χ0) is 14.3. The van der Waals surface area contributed by atoms with Gasteiger partial charge in [0.1, 0.15) is 5.54 Å². The van der Waals surface area contributed by atoms with E-state index in [2.05, 4.69) is 5.32 Å². The van der Waals surface area contributed by atoms with Crippen LogP contribution in [0, 0.1) is 0 Å². The lowest BCUT2D eigenvalue weighted by molar-refractivity contribution is -0.133. The highest BCUT2D eigenvalue weighted by Crippen LogP contribution is 2.24. The van der Waals surface area contributed by atoms with E-state index in [0.29, 0.717) is 31.9 Å². The van der Waals surface area contributed by atoms with Gasteiger partial charge in [0.15, 0.2) is 0 Å². The minimum Gasteiger partial charge on any atom is -0.372 e. The largest absolute Gasteiger partial charge is 0.372 e. The van der Waals surface area contributed by atoms with Crippen molar-refractivity contribution in [3.63, 3.8) is 0 Å². The molecule has 2 heterocycles. The van der Waals surface area contributed by atoms with E-state index >= 15 is 0 Å². The lowest BCUT2D eigenvalue weighted by atomic mass is 9.97. The molecule has 0 aromatic heterocycles. The molecule has 0 bridgehead atoms. The zero-order valence-corrected chi connectivity index (χ0v) is 11.7. The summed E-state index contributed by atoms with van der Waals surface area (Å²) < 4.78 is 5.36. The van der Waals surface area contributed by atoms with Crippen molar-refractivity contribution in [2.75, 3.05) is 13.1 Å². The van der Waals surface area contributed by atoms with Crippen LogP contribution in [-0.2, 0) is 22.7 Å². The normalized spacial score (nSPS) is 20.5. The monoisotopic (exact) mass is 274 g/mol. The Morgan fingerprint density at radius 2 is 2.05 bits per heavy atom. The Labute approximate surface area is 117 Å². The molecule has 1 saturated heterocycles. The molecule has 1 aromatic carbocycles. The van der Waals surface area contributed by atoms with Gasteiger partial charge < -0.3 is 15.0 Å². The summed E-state index contributed by atoms with van der Waals surface area (Å²) in [6.07, 6.45) is 0. The maximum absolute atomic E-state index is 12.7. The number of hydrogen-bond acceptors (Lipinski definition) is 3. The van der Waals surface area contributed by atoms with E-state index in [0.717, 1.165) is 11.1 Å². The molecule has 2 amide bonds. The molecule has 0 unspecified atom stereocenters. The summed E-state index contributed by atoms with van der Waals surface area (Å²) in [5.74, 6) is -0.207. The van der Waals surface area contributed by atoms with Crippen molar-refractivity contribution in [1.29, 1.82) is 0 Å². The number of benzene rings is 1. The number of carbonyl (C=O) groups excluding carboxylic acids is 2. The van der Waals surface area contributed by atoms with Gasteiger partial charge in [0, 0.05) is 18.7 Å². The first-order chi connectivity index (χ1) is 9.50. The highest BCUT2D eigenvalue weighted by Gasteiger charge is 2.40. The summed E-state index contributed by atoms with van der Waals surface area (Å²) in [5.41, 5.74) is 2.01. The summed E-state index contributed by atoms with van der Waals surface area (Å²) in [5, 5.41) is 2.80. The number of ether oxygens (including phenoxy) is 1. The average molecular weight is 274 g/mol. The Morgan fingerprint density at radius 1 is 1.30 bits per heavy atom. The van der Waals surface area contributed by atoms with Crippen LogP contribution in [-0.4, -0.2) is 35.3 Å². The molecule has 5 heteroatoms. The predicted molar refractivity (Wildman–Crippen MR) is 73.1 cm³/mol. The molecule has 106 valence electrons. The number of hydrogen-bond donors (Lipinski definition) is 1. The lowest BCUT2D eigenvalue weighted by Gasteiger charge is -2.41. The molecule has 2 aliphatic rings. The zero-order valence-electron chi connectivity index (χ0n) is 11.7. The predicted octanol–water partition coefficient (Wildman–Crippen LogP) is 1.07. The van der Waals surface area contributed by atoms with E-state index in [4.69, 9.17) is 4.74 Å². The molecule has 1 aromatic rings. The number of amides is 2. The summed E-state index contributed by atoms with van der Waals surface area (Å²) in [7, 11) is 0. The molecule has 5 nitrogen and oxygen atoms in total. The molecule has 3 rings (SSSR count). The van der Waals surface area contributed by atoms with Crippen LogP contribution >= 0.6 is 0 Å². The van der Waals surface area contributed by atoms with E-state index < -0.39 is 5.54 Å². The fourth-order valence-electron chi connectivity index (χ4n) is 2.72. The highest BCUT2D eigenvalue weighted by atomic mass is 16.5. The maximum Gasteiger partial charge on any atom is 0.254 e. The third-order valence-corrected chi connectivity index (χ3v) is 4.06. The van der Waals surface area contributed by atoms with Crippen molar-refractivity contribution >= 4 is 11.8 Å². The van der Waals surface area contributed by atoms with Crippen LogP contribution in [0.15, 0.2) is 18.2 Å². The van der Waals surface area contributed by atoms with Crippen molar-refractivity contribution in [3.05, 3.63) is 34.9 Å². The van der Waals surface area contributed by atoms with E-state index in [1.807, 2.05) is 18.2 Å². The molecular weight excluding hydrogens is 256 g/mol. The molecule has 1 N–H and O–H groups in total. The van der Waals surface area contributed by atoms with Gasteiger partial charge in [-0.1, -0.05) is 6.07 Å². The first-order valence-electron chi connectivity index (χ1n) is 6.80. The van der Waals surface area contributed by atoms with E-state index in [9.17, 15) is 9.59 Å². The van der Waals surface area contributed by atoms with Crippen LogP contribution in [0.5, 0.6) is 0 Å². The van der Waals surface area contributed by atoms with Gasteiger partial charge >= 0.3 is 0 Å². The van der Waals surface area contributed by atoms with Gasteiger partial charge in [-0.25, -0.2) is 0 Å². The van der Waals surface area contributed by atoms with Crippen molar-refractivity contribution in [1.82, 2.24) is 10.2 Å². The lowest BCUT2D eigenvalue weighted by Crippen LogP contribution is -2.63. The molecule has 0 spiro atoms. The molecule has 0 radical (unpaired) electrons. The Morgan fingerprint density at radius 3 is 2.85 bits per heavy atom. The summed E-state index contributed by atoms with van der Waals surface area (Å²) in [6, 6.07) is 5.64. The standard InChI is InChI=1S/C15H18N2O3/c1-15(2)14(19)16-5-6-17(15)13(18)10-3-4-11-8-20-9-12(11)7-10/h3-4,7H,5-6,8-9H2,1-2H3,(H,16,19). The number of carbonyl (C=O) groups is 2. The first-order valence-corrected chi connectivity index (χ1v) is 6.80. The number of nitrogens with zero attached hydrogens (tertiary/aromatic N) is 1. The Balaban J connectivity index is 1.90. The van der Waals surface area contributed by atoms with Crippen molar-refractivity contribution in [2.45, 2.75) is 32.6 Å². The summed E-state index contributed by atoms with van der Waals surface area (Å²) in [4.78, 5) is 26.2. The third kappa shape index (κ3) is 1.98. The molecule has 0 atom stereocenters. The number of nitrogens with one attached hydrogen (secondary N) is 1. The SMILES string of the molecule is CC1(C)C(=O)NCCN1C(=O)c1ccc2c(c1)COC2. The first kappa shape index (κ1) is 13.1. The van der Waals surface area contributed by atoms with Crippen molar-refractivity contribution < 1.29 is 14.3 Å². The minimum absolute atomic E-state index is 0.0976. The molecule has 1 fully saturated rings. The fraction of sp³-hybridized carbons (Fsp3) is 0.467. The Bertz CT molecular complexity index is 580. The number of rotatable bonds is 1. The third-order valence-electron chi connectivity index (χ3n) is 4.06. The van der Waals surface area contributed by atoms with Gasteiger partial charge in [-0.05, 0) is 37.1 Å². The summed E-state index contributed by atoms with van der Waals surface area (Å²) >= 11 is 0. The topological polar surface area (TPSA) is 58.6 Å². The molecule has 20 heavy (non-hydrogen) atoms. The second-order valence-electron chi connectivity index (χ2n) is 5.75. The van der Waals surface area contributed by atoms with Gasteiger partial charge in [0.05, 0.1) is 13.2 Å². The van der Waals surface area contributed by atoms with Crippen LogP contribution in [0.2, 0.25) is 0 Å². The second-order valence-corrected chi connectivity index (χ2v) is 5.75. The fourth-order valence-corrected chi connectivity index (χ4v) is 2.72. The second kappa shape index (κ2) is 4.59. The highest BCUT2D eigenvalue weighted by molar-refractivity contribution is 5.99. The van der Waals surface area contributed by atoms with Gasteiger partial charge in [0.2, 0.25) is 5.91 Å². The Hall–Kier alpha value is -1.88. The number of piperazine rings is 1.